The van der Waals surface area contributed by atoms with E-state index < -0.39 is 5.41 Å². The Bertz CT molecular complexity index is 477. The van der Waals surface area contributed by atoms with Crippen LogP contribution in [-0.2, 0) is 14.9 Å². The van der Waals surface area contributed by atoms with Gasteiger partial charge in [0.25, 0.3) is 0 Å². The van der Waals surface area contributed by atoms with Crippen LogP contribution in [-0.4, -0.2) is 23.3 Å². The fourth-order valence-corrected chi connectivity index (χ4v) is 4.27. The van der Waals surface area contributed by atoms with Crippen LogP contribution in [0.25, 0.3) is 0 Å². The number of halogens is 2. The molecule has 1 aromatic rings. The Morgan fingerprint density at radius 1 is 1.29 bits per heavy atom. The SMILES string of the molecule is CCOC(=O)C(C)(c1ccccc1)C1CCC(Cl)CC1Cl. The maximum atomic E-state index is 12.7. The number of carbonyl (C=O) groups is 1. The van der Waals surface area contributed by atoms with Crippen molar-refractivity contribution < 1.29 is 9.53 Å². The lowest BCUT2D eigenvalue weighted by atomic mass is 9.66. The van der Waals surface area contributed by atoms with E-state index in [2.05, 4.69) is 0 Å². The number of rotatable bonds is 4. The molecule has 4 atom stereocenters. The van der Waals surface area contributed by atoms with Crippen LogP contribution in [0.5, 0.6) is 0 Å². The molecule has 0 bridgehead atoms. The summed E-state index contributed by atoms with van der Waals surface area (Å²) in [6.45, 7) is 4.16. The van der Waals surface area contributed by atoms with Crippen LogP contribution < -0.4 is 0 Å². The van der Waals surface area contributed by atoms with Gasteiger partial charge in [-0.3, -0.25) is 4.79 Å². The highest BCUT2D eigenvalue weighted by Gasteiger charge is 2.48. The Hall–Kier alpha value is -0.730. The molecular formula is C17H22Cl2O2. The number of carbonyl (C=O) groups excluding carboxylic acids is 1. The first-order chi connectivity index (χ1) is 10.00. The third kappa shape index (κ3) is 3.37. The molecule has 0 aliphatic heterocycles. The summed E-state index contributed by atoms with van der Waals surface area (Å²) in [6.07, 6.45) is 2.46. The molecule has 0 amide bonds. The van der Waals surface area contributed by atoms with Crippen LogP contribution in [0.15, 0.2) is 30.3 Å². The molecule has 1 fully saturated rings. The summed E-state index contributed by atoms with van der Waals surface area (Å²) in [7, 11) is 0. The van der Waals surface area contributed by atoms with E-state index in [1.165, 1.54) is 0 Å². The molecule has 116 valence electrons. The average Bonchev–Trinajstić information content (AvgIpc) is 2.47. The van der Waals surface area contributed by atoms with Gasteiger partial charge in [0.2, 0.25) is 0 Å². The first-order valence-corrected chi connectivity index (χ1v) is 8.38. The minimum absolute atomic E-state index is 0.0376. The van der Waals surface area contributed by atoms with Crippen molar-refractivity contribution in [1.82, 2.24) is 0 Å². The number of hydrogen-bond donors (Lipinski definition) is 0. The summed E-state index contributed by atoms with van der Waals surface area (Å²) in [5.41, 5.74) is 0.243. The van der Waals surface area contributed by atoms with Crippen molar-refractivity contribution in [3.8, 4) is 0 Å². The molecule has 4 unspecified atom stereocenters. The molecule has 0 radical (unpaired) electrons. The summed E-state index contributed by atoms with van der Waals surface area (Å²) in [6, 6.07) is 9.80. The van der Waals surface area contributed by atoms with Gasteiger partial charge in [-0.25, -0.2) is 0 Å². The van der Waals surface area contributed by atoms with Gasteiger partial charge in [0, 0.05) is 10.8 Å². The monoisotopic (exact) mass is 328 g/mol. The fraction of sp³-hybridized carbons (Fsp3) is 0.588. The van der Waals surface area contributed by atoms with Crippen LogP contribution >= 0.6 is 23.2 Å². The van der Waals surface area contributed by atoms with E-state index in [1.807, 2.05) is 44.2 Å². The molecule has 0 saturated heterocycles. The van der Waals surface area contributed by atoms with Crippen molar-refractivity contribution in [2.45, 2.75) is 49.3 Å². The molecule has 1 saturated carbocycles. The summed E-state index contributed by atoms with van der Waals surface area (Å²) in [4.78, 5) is 12.7. The predicted molar refractivity (Wildman–Crippen MR) is 87.1 cm³/mol. The molecule has 0 aromatic heterocycles. The molecule has 0 spiro atoms. The van der Waals surface area contributed by atoms with Gasteiger partial charge in [-0.05, 0) is 44.6 Å². The smallest absolute Gasteiger partial charge is 0.316 e. The van der Waals surface area contributed by atoms with E-state index in [1.54, 1.807) is 0 Å². The van der Waals surface area contributed by atoms with Crippen LogP contribution in [0.3, 0.4) is 0 Å². The Balaban J connectivity index is 2.39. The zero-order valence-corrected chi connectivity index (χ0v) is 14.0. The molecule has 2 nitrogen and oxygen atoms in total. The van der Waals surface area contributed by atoms with E-state index in [9.17, 15) is 4.79 Å². The lowest BCUT2D eigenvalue weighted by molar-refractivity contribution is -0.152. The average molecular weight is 329 g/mol. The van der Waals surface area contributed by atoms with Gasteiger partial charge in [-0.15, -0.1) is 23.2 Å². The van der Waals surface area contributed by atoms with Crippen LogP contribution in [0.1, 0.15) is 38.7 Å². The maximum Gasteiger partial charge on any atom is 0.316 e. The Kier molecular flexibility index (Phi) is 5.56. The zero-order chi connectivity index (χ0) is 15.5. The summed E-state index contributed by atoms with van der Waals surface area (Å²) < 4.78 is 5.36. The minimum Gasteiger partial charge on any atom is -0.465 e. The van der Waals surface area contributed by atoms with Crippen molar-refractivity contribution in [3.63, 3.8) is 0 Å². The normalized spacial score (nSPS) is 28.7. The van der Waals surface area contributed by atoms with Crippen molar-refractivity contribution in [2.75, 3.05) is 6.61 Å². The first-order valence-electron chi connectivity index (χ1n) is 7.51. The number of hydrogen-bond acceptors (Lipinski definition) is 2. The van der Waals surface area contributed by atoms with E-state index >= 15 is 0 Å². The second-order valence-electron chi connectivity index (χ2n) is 5.82. The number of esters is 1. The van der Waals surface area contributed by atoms with Gasteiger partial charge in [-0.1, -0.05) is 30.3 Å². The predicted octanol–water partition coefficient (Wildman–Crippen LogP) is 4.52. The maximum absolute atomic E-state index is 12.7. The molecule has 0 N–H and O–H groups in total. The molecule has 1 aromatic carbocycles. The number of benzene rings is 1. The molecule has 21 heavy (non-hydrogen) atoms. The van der Waals surface area contributed by atoms with E-state index in [0.29, 0.717) is 6.61 Å². The lowest BCUT2D eigenvalue weighted by Gasteiger charge is -2.42. The largest absolute Gasteiger partial charge is 0.465 e. The van der Waals surface area contributed by atoms with Crippen molar-refractivity contribution in [3.05, 3.63) is 35.9 Å². The fourth-order valence-electron chi connectivity index (χ4n) is 3.27. The molecule has 4 heteroatoms. The topological polar surface area (TPSA) is 26.3 Å². The molecule has 2 rings (SSSR count). The second kappa shape index (κ2) is 7.02. The van der Waals surface area contributed by atoms with Crippen LogP contribution in [0.4, 0.5) is 0 Å². The van der Waals surface area contributed by atoms with Gasteiger partial charge >= 0.3 is 5.97 Å². The van der Waals surface area contributed by atoms with Crippen LogP contribution in [0.2, 0.25) is 0 Å². The lowest BCUT2D eigenvalue weighted by Crippen LogP contribution is -2.47. The van der Waals surface area contributed by atoms with Gasteiger partial charge in [0.1, 0.15) is 0 Å². The Morgan fingerprint density at radius 3 is 2.52 bits per heavy atom. The quantitative estimate of drug-likeness (QED) is 0.599. The third-order valence-electron chi connectivity index (χ3n) is 4.52. The van der Waals surface area contributed by atoms with Gasteiger partial charge in [0.15, 0.2) is 0 Å². The van der Waals surface area contributed by atoms with Crippen molar-refractivity contribution in [1.29, 1.82) is 0 Å². The summed E-state index contributed by atoms with van der Waals surface area (Å²) >= 11 is 12.8. The van der Waals surface area contributed by atoms with Crippen molar-refractivity contribution >= 4 is 29.2 Å². The Morgan fingerprint density at radius 2 is 1.95 bits per heavy atom. The van der Waals surface area contributed by atoms with Crippen molar-refractivity contribution in [2.24, 2.45) is 5.92 Å². The standard InChI is InChI=1S/C17H22Cl2O2/c1-3-21-16(20)17(2,12-7-5-4-6-8-12)14-10-9-13(18)11-15(14)19/h4-8,13-15H,3,9-11H2,1-2H3. The molecular weight excluding hydrogens is 307 g/mol. The molecule has 1 aliphatic carbocycles. The minimum atomic E-state index is -0.722. The van der Waals surface area contributed by atoms with Gasteiger partial charge in [-0.2, -0.15) is 0 Å². The molecule has 0 heterocycles. The third-order valence-corrected chi connectivity index (χ3v) is 5.40. The first kappa shape index (κ1) is 16.6. The summed E-state index contributed by atoms with van der Waals surface area (Å²) in [5.74, 6) is -0.157. The van der Waals surface area contributed by atoms with Gasteiger partial charge in [0.05, 0.1) is 12.0 Å². The number of alkyl halides is 2. The van der Waals surface area contributed by atoms with E-state index in [4.69, 9.17) is 27.9 Å². The zero-order valence-electron chi connectivity index (χ0n) is 12.5. The van der Waals surface area contributed by atoms with E-state index in [-0.39, 0.29) is 22.6 Å². The highest BCUT2D eigenvalue weighted by atomic mass is 35.5. The highest BCUT2D eigenvalue weighted by molar-refractivity contribution is 6.24. The van der Waals surface area contributed by atoms with Gasteiger partial charge < -0.3 is 4.74 Å². The number of ether oxygens (including phenoxy) is 1. The molecule has 1 aliphatic rings. The summed E-state index contributed by atoms with van der Waals surface area (Å²) in [5, 5.41) is -0.0122. The van der Waals surface area contributed by atoms with E-state index in [0.717, 1.165) is 24.8 Å². The second-order valence-corrected chi connectivity index (χ2v) is 7.00. The Labute approximate surface area is 136 Å². The highest BCUT2D eigenvalue weighted by Crippen LogP contribution is 2.45. The van der Waals surface area contributed by atoms with Crippen LogP contribution in [0, 0.1) is 5.92 Å².